The molecule has 0 spiro atoms. The van der Waals surface area contributed by atoms with Gasteiger partial charge in [-0.2, -0.15) is 0 Å². The van der Waals surface area contributed by atoms with Crippen molar-refractivity contribution in [3.63, 3.8) is 0 Å². The van der Waals surface area contributed by atoms with Crippen LogP contribution in [0.2, 0.25) is 0 Å². The number of rotatable bonds is 7. The molecule has 200 valence electrons. The summed E-state index contributed by atoms with van der Waals surface area (Å²) in [5, 5.41) is 2.83. The van der Waals surface area contributed by atoms with Gasteiger partial charge in [0.05, 0.1) is 6.04 Å². The van der Waals surface area contributed by atoms with Gasteiger partial charge in [-0.05, 0) is 84.1 Å². The van der Waals surface area contributed by atoms with Crippen molar-refractivity contribution in [1.29, 1.82) is 0 Å². The maximum absolute atomic E-state index is 14.2. The third-order valence-electron chi connectivity index (χ3n) is 6.83. The van der Waals surface area contributed by atoms with Crippen molar-refractivity contribution in [2.45, 2.75) is 39.8 Å². The van der Waals surface area contributed by atoms with Crippen LogP contribution >= 0.6 is 0 Å². The van der Waals surface area contributed by atoms with Gasteiger partial charge in [-0.3, -0.25) is 9.59 Å². The van der Waals surface area contributed by atoms with Crippen LogP contribution in [0.4, 0.5) is 10.1 Å². The molecule has 1 N–H and O–H groups in total. The van der Waals surface area contributed by atoms with Crippen molar-refractivity contribution in [3.8, 4) is 5.75 Å². The van der Waals surface area contributed by atoms with Crippen molar-refractivity contribution in [1.82, 2.24) is 4.90 Å². The molecule has 0 bridgehead atoms. The van der Waals surface area contributed by atoms with Gasteiger partial charge in [-0.15, -0.1) is 0 Å². The number of benzene rings is 3. The lowest BCUT2D eigenvalue weighted by atomic mass is 9.87. The highest BCUT2D eigenvalue weighted by Gasteiger charge is 2.33. The van der Waals surface area contributed by atoms with Gasteiger partial charge in [-0.1, -0.05) is 44.2 Å². The maximum atomic E-state index is 14.2. The van der Waals surface area contributed by atoms with Gasteiger partial charge in [0.1, 0.15) is 23.9 Å². The number of halogens is 1. The molecule has 7 heteroatoms. The van der Waals surface area contributed by atoms with E-state index in [0.717, 1.165) is 22.3 Å². The molecule has 0 radical (unpaired) electrons. The molecule has 0 fully saturated rings. The van der Waals surface area contributed by atoms with Crippen LogP contribution in [0.1, 0.15) is 58.5 Å². The minimum Gasteiger partial charge on any atom is -0.486 e. The molecule has 2 heterocycles. The van der Waals surface area contributed by atoms with Crippen LogP contribution in [0.5, 0.6) is 5.75 Å². The number of fused-ring (bicyclic) bond motifs is 1. The zero-order valence-electron chi connectivity index (χ0n) is 22.2. The highest BCUT2D eigenvalue weighted by molar-refractivity contribution is 6.02. The Bertz CT molecular complexity index is 1510. The normalized spacial score (nSPS) is 14.7. The molecule has 6 nitrogen and oxygen atoms in total. The van der Waals surface area contributed by atoms with Crippen LogP contribution in [-0.2, 0) is 17.8 Å². The molecule has 4 aromatic rings. The van der Waals surface area contributed by atoms with Crippen molar-refractivity contribution in [2.24, 2.45) is 5.92 Å². The molecule has 5 rings (SSSR count). The lowest BCUT2D eigenvalue weighted by molar-refractivity contribution is -0.136. The number of nitrogens with zero attached hydrogens (tertiary/aromatic N) is 1. The highest BCUT2D eigenvalue weighted by atomic mass is 19.1. The highest BCUT2D eigenvalue weighted by Crippen LogP contribution is 2.38. The average molecular weight is 527 g/mol. The fourth-order valence-corrected chi connectivity index (χ4v) is 4.94. The van der Waals surface area contributed by atoms with E-state index < -0.39 is 6.04 Å². The van der Waals surface area contributed by atoms with E-state index in [1.54, 1.807) is 18.2 Å². The fourth-order valence-electron chi connectivity index (χ4n) is 4.94. The van der Waals surface area contributed by atoms with Crippen LogP contribution in [0, 0.1) is 18.7 Å². The first-order chi connectivity index (χ1) is 18.8. The number of anilines is 1. The van der Waals surface area contributed by atoms with Crippen LogP contribution in [-0.4, -0.2) is 23.3 Å². The lowest BCUT2D eigenvalue weighted by Gasteiger charge is -2.39. The molecule has 0 saturated carbocycles. The van der Waals surface area contributed by atoms with Crippen LogP contribution in [0.25, 0.3) is 0 Å². The number of hydrogen-bond donors (Lipinski definition) is 1. The molecule has 2 amide bonds. The van der Waals surface area contributed by atoms with Gasteiger partial charge in [0.15, 0.2) is 5.76 Å². The summed E-state index contributed by atoms with van der Waals surface area (Å²) >= 11 is 0. The zero-order chi connectivity index (χ0) is 27.5. The van der Waals surface area contributed by atoms with E-state index in [9.17, 15) is 14.0 Å². The molecular weight excluding hydrogens is 495 g/mol. The van der Waals surface area contributed by atoms with Gasteiger partial charge in [-0.25, -0.2) is 4.39 Å². The second-order valence-corrected chi connectivity index (χ2v) is 10.1. The van der Waals surface area contributed by atoms with Crippen LogP contribution < -0.4 is 10.1 Å². The third kappa shape index (κ3) is 5.87. The molecular formula is C32H31FN2O4. The summed E-state index contributed by atoms with van der Waals surface area (Å²) in [6.45, 7) is 6.39. The van der Waals surface area contributed by atoms with Crippen LogP contribution in [0.3, 0.4) is 0 Å². The van der Waals surface area contributed by atoms with E-state index in [-0.39, 0.29) is 35.9 Å². The summed E-state index contributed by atoms with van der Waals surface area (Å²) in [6.07, 6.45) is 0.706. The summed E-state index contributed by atoms with van der Waals surface area (Å²) in [7, 11) is 0. The third-order valence-corrected chi connectivity index (χ3v) is 6.83. The Morgan fingerprint density at radius 3 is 2.64 bits per heavy atom. The second-order valence-electron chi connectivity index (χ2n) is 10.1. The van der Waals surface area contributed by atoms with Crippen molar-refractivity contribution >= 4 is 17.5 Å². The summed E-state index contributed by atoms with van der Waals surface area (Å²) in [6, 6.07) is 22.7. The Morgan fingerprint density at radius 2 is 1.87 bits per heavy atom. The molecule has 0 unspecified atom stereocenters. The Balaban J connectivity index is 1.34. The molecule has 1 atom stereocenters. The number of nitrogens with one attached hydrogen (secondary N) is 1. The van der Waals surface area contributed by atoms with E-state index in [2.05, 4.69) is 5.32 Å². The molecule has 1 aliphatic heterocycles. The molecule has 1 aliphatic rings. The van der Waals surface area contributed by atoms with Gasteiger partial charge in [0.25, 0.3) is 5.91 Å². The Hall–Kier alpha value is -4.39. The summed E-state index contributed by atoms with van der Waals surface area (Å²) in [5.41, 5.74) is 4.47. The number of furan rings is 1. The fraction of sp³-hybridized carbons (Fsp3) is 0.250. The van der Waals surface area contributed by atoms with Gasteiger partial charge in [0.2, 0.25) is 5.91 Å². The predicted octanol–water partition coefficient (Wildman–Crippen LogP) is 6.69. The first-order valence-corrected chi connectivity index (χ1v) is 13.1. The first kappa shape index (κ1) is 26.2. The van der Waals surface area contributed by atoms with E-state index in [1.165, 1.54) is 12.1 Å². The predicted molar refractivity (Wildman–Crippen MR) is 147 cm³/mol. The average Bonchev–Trinajstić information content (AvgIpc) is 3.40. The molecule has 3 aromatic carbocycles. The lowest BCUT2D eigenvalue weighted by Crippen LogP contribution is -2.42. The van der Waals surface area contributed by atoms with Crippen LogP contribution in [0.15, 0.2) is 83.3 Å². The SMILES string of the molecule is Cc1cccc(NC(=O)c2ccc(COc3ccc4c(c3)[C@H](c3cccc(F)c3)N(C(=O)C(C)C)CC4)o2)c1. The number of hydrogen-bond acceptors (Lipinski definition) is 4. The minimum atomic E-state index is -0.413. The number of ether oxygens (including phenoxy) is 1. The van der Waals surface area contributed by atoms with E-state index >= 15 is 0 Å². The minimum absolute atomic E-state index is 0.0216. The monoisotopic (exact) mass is 526 g/mol. The molecule has 0 aliphatic carbocycles. The second kappa shape index (κ2) is 11.2. The Morgan fingerprint density at radius 1 is 1.05 bits per heavy atom. The summed E-state index contributed by atoms with van der Waals surface area (Å²) in [4.78, 5) is 27.5. The molecule has 1 aromatic heterocycles. The largest absolute Gasteiger partial charge is 0.486 e. The number of carbonyl (C=O) groups excluding carboxylic acids is 2. The summed E-state index contributed by atoms with van der Waals surface area (Å²) < 4.78 is 26.0. The van der Waals surface area contributed by atoms with E-state index in [0.29, 0.717) is 30.2 Å². The standard InChI is InChI=1S/C32H31FN2O4/c1-20(2)32(37)35-15-14-22-10-11-26(18-28(22)30(35)23-7-5-8-24(33)17-23)38-19-27-12-13-29(39-27)31(36)34-25-9-4-6-21(3)16-25/h4-13,16-18,20,30H,14-15,19H2,1-3H3,(H,34,36)/t30-/m0/s1. The molecule has 0 saturated heterocycles. The quantitative estimate of drug-likeness (QED) is 0.291. The van der Waals surface area contributed by atoms with Crippen molar-refractivity contribution in [2.75, 3.05) is 11.9 Å². The molecule has 39 heavy (non-hydrogen) atoms. The van der Waals surface area contributed by atoms with E-state index in [1.807, 2.05) is 74.2 Å². The zero-order valence-corrected chi connectivity index (χ0v) is 22.2. The number of carbonyl (C=O) groups is 2. The Kier molecular flexibility index (Phi) is 7.50. The van der Waals surface area contributed by atoms with Gasteiger partial charge in [0, 0.05) is 18.2 Å². The summed E-state index contributed by atoms with van der Waals surface area (Å²) in [5.74, 6) is 0.440. The number of amides is 2. The topological polar surface area (TPSA) is 71.8 Å². The van der Waals surface area contributed by atoms with Crippen molar-refractivity contribution in [3.05, 3.63) is 118 Å². The maximum Gasteiger partial charge on any atom is 0.291 e. The Labute approximate surface area is 227 Å². The van der Waals surface area contributed by atoms with E-state index in [4.69, 9.17) is 9.15 Å². The van der Waals surface area contributed by atoms with Gasteiger partial charge < -0.3 is 19.4 Å². The van der Waals surface area contributed by atoms with Crippen molar-refractivity contribution < 1.29 is 23.1 Å². The van der Waals surface area contributed by atoms with Gasteiger partial charge >= 0.3 is 0 Å². The first-order valence-electron chi connectivity index (χ1n) is 13.1. The smallest absolute Gasteiger partial charge is 0.291 e. The number of aryl methyl sites for hydroxylation is 1.